The van der Waals surface area contributed by atoms with E-state index in [2.05, 4.69) is 21.8 Å². The Hall–Kier alpha value is -3.65. The molecule has 4 rings (SSSR count). The lowest BCUT2D eigenvalue weighted by molar-refractivity contribution is 0.596. The van der Waals surface area contributed by atoms with Crippen molar-refractivity contribution in [3.8, 4) is 17.5 Å². The SMILES string of the molecule is CCc1nc2occ(C#Cc3ccncc3)c2c(=O)n1-c1ccccc1. The largest absolute Gasteiger partial charge is 0.445 e. The topological polar surface area (TPSA) is 60.9 Å². The lowest BCUT2D eigenvalue weighted by Crippen LogP contribution is -2.23. The highest BCUT2D eigenvalue weighted by molar-refractivity contribution is 5.80. The van der Waals surface area contributed by atoms with Gasteiger partial charge in [0.25, 0.3) is 5.56 Å². The summed E-state index contributed by atoms with van der Waals surface area (Å²) in [5.41, 5.74) is 2.26. The molecular weight excluding hydrogens is 326 g/mol. The standard InChI is InChI=1S/C21H15N3O2/c1-2-18-23-20-19(21(25)24(18)17-6-4-3-5-7-17)16(14-26-20)9-8-15-10-12-22-13-11-15/h3-7,10-14H,2H2,1H3. The summed E-state index contributed by atoms with van der Waals surface area (Å²) in [6.07, 6.45) is 5.45. The van der Waals surface area contributed by atoms with E-state index in [1.807, 2.05) is 49.4 Å². The fourth-order valence-electron chi connectivity index (χ4n) is 2.78. The Kier molecular flexibility index (Phi) is 4.08. The van der Waals surface area contributed by atoms with Crippen LogP contribution in [0.1, 0.15) is 23.9 Å². The molecule has 0 aliphatic heterocycles. The average molecular weight is 341 g/mol. The zero-order valence-corrected chi connectivity index (χ0v) is 14.1. The van der Waals surface area contributed by atoms with Crippen LogP contribution in [0.25, 0.3) is 16.8 Å². The first kappa shape index (κ1) is 15.9. The van der Waals surface area contributed by atoms with Crippen LogP contribution in [0.5, 0.6) is 0 Å². The van der Waals surface area contributed by atoms with Gasteiger partial charge in [-0.25, -0.2) is 0 Å². The maximum atomic E-state index is 13.2. The van der Waals surface area contributed by atoms with Crippen molar-refractivity contribution in [2.45, 2.75) is 13.3 Å². The molecule has 0 fully saturated rings. The zero-order chi connectivity index (χ0) is 17.9. The third-order valence-corrected chi connectivity index (χ3v) is 4.03. The van der Waals surface area contributed by atoms with Crippen LogP contribution in [0.2, 0.25) is 0 Å². The Morgan fingerprint density at radius 1 is 1.08 bits per heavy atom. The number of furan rings is 1. The van der Waals surface area contributed by atoms with E-state index in [0.717, 1.165) is 11.3 Å². The van der Waals surface area contributed by atoms with Gasteiger partial charge in [-0.1, -0.05) is 37.0 Å². The number of pyridine rings is 1. The third kappa shape index (κ3) is 2.78. The Labute approximate surface area is 150 Å². The zero-order valence-electron chi connectivity index (χ0n) is 14.1. The smallest absolute Gasteiger partial charge is 0.270 e. The van der Waals surface area contributed by atoms with Gasteiger partial charge < -0.3 is 4.42 Å². The van der Waals surface area contributed by atoms with Crippen LogP contribution in [0.3, 0.4) is 0 Å². The second-order valence-corrected chi connectivity index (χ2v) is 5.67. The van der Waals surface area contributed by atoms with Crippen molar-refractivity contribution in [3.05, 3.63) is 88.4 Å². The van der Waals surface area contributed by atoms with Crippen molar-refractivity contribution >= 4 is 11.1 Å². The number of hydrogen-bond acceptors (Lipinski definition) is 4. The van der Waals surface area contributed by atoms with Gasteiger partial charge in [-0.3, -0.25) is 14.3 Å². The molecule has 126 valence electrons. The van der Waals surface area contributed by atoms with E-state index in [1.165, 1.54) is 6.26 Å². The molecule has 0 saturated heterocycles. The first-order valence-electron chi connectivity index (χ1n) is 8.28. The highest BCUT2D eigenvalue weighted by Crippen LogP contribution is 2.18. The van der Waals surface area contributed by atoms with Crippen molar-refractivity contribution in [2.24, 2.45) is 0 Å². The van der Waals surface area contributed by atoms with Crippen LogP contribution >= 0.6 is 0 Å². The van der Waals surface area contributed by atoms with Crippen molar-refractivity contribution in [3.63, 3.8) is 0 Å². The number of benzene rings is 1. The molecule has 5 nitrogen and oxygen atoms in total. The van der Waals surface area contributed by atoms with E-state index >= 15 is 0 Å². The van der Waals surface area contributed by atoms with Crippen LogP contribution < -0.4 is 5.56 Å². The summed E-state index contributed by atoms with van der Waals surface area (Å²) in [4.78, 5) is 21.7. The minimum absolute atomic E-state index is 0.175. The first-order valence-corrected chi connectivity index (χ1v) is 8.28. The van der Waals surface area contributed by atoms with Crippen LogP contribution in [0.4, 0.5) is 0 Å². The van der Waals surface area contributed by atoms with Gasteiger partial charge in [0.2, 0.25) is 5.71 Å². The Morgan fingerprint density at radius 3 is 2.58 bits per heavy atom. The monoisotopic (exact) mass is 341 g/mol. The summed E-state index contributed by atoms with van der Waals surface area (Å²) in [7, 11) is 0. The second kappa shape index (κ2) is 6.69. The van der Waals surface area contributed by atoms with Crippen LogP contribution in [-0.2, 0) is 6.42 Å². The van der Waals surface area contributed by atoms with Crippen molar-refractivity contribution in [2.75, 3.05) is 0 Å². The van der Waals surface area contributed by atoms with Crippen molar-refractivity contribution < 1.29 is 4.42 Å². The molecule has 5 heteroatoms. The Balaban J connectivity index is 1.93. The fourth-order valence-corrected chi connectivity index (χ4v) is 2.78. The van der Waals surface area contributed by atoms with E-state index in [4.69, 9.17) is 4.42 Å². The lowest BCUT2D eigenvalue weighted by Gasteiger charge is -2.10. The fraction of sp³-hybridized carbons (Fsp3) is 0.0952. The molecule has 0 aliphatic carbocycles. The second-order valence-electron chi connectivity index (χ2n) is 5.67. The van der Waals surface area contributed by atoms with Crippen molar-refractivity contribution in [1.29, 1.82) is 0 Å². The first-order chi connectivity index (χ1) is 12.8. The maximum Gasteiger partial charge on any atom is 0.270 e. The molecule has 3 aromatic heterocycles. The maximum absolute atomic E-state index is 13.2. The average Bonchev–Trinajstić information content (AvgIpc) is 3.11. The number of hydrogen-bond donors (Lipinski definition) is 0. The predicted octanol–water partition coefficient (Wildman–Crippen LogP) is 3.34. The third-order valence-electron chi connectivity index (χ3n) is 4.03. The summed E-state index contributed by atoms with van der Waals surface area (Å²) in [5.74, 6) is 6.69. The quantitative estimate of drug-likeness (QED) is 0.525. The highest BCUT2D eigenvalue weighted by atomic mass is 16.3. The Morgan fingerprint density at radius 2 is 1.85 bits per heavy atom. The lowest BCUT2D eigenvalue weighted by atomic mass is 10.2. The van der Waals surface area contributed by atoms with E-state index in [0.29, 0.717) is 28.9 Å². The van der Waals surface area contributed by atoms with Gasteiger partial charge >= 0.3 is 0 Å². The normalized spacial score (nSPS) is 10.5. The molecule has 0 radical (unpaired) electrons. The molecule has 0 amide bonds. The molecule has 4 aromatic rings. The molecule has 3 heterocycles. The Bertz CT molecular complexity index is 1180. The van der Waals surface area contributed by atoms with Crippen molar-refractivity contribution in [1.82, 2.24) is 14.5 Å². The van der Waals surface area contributed by atoms with E-state index in [-0.39, 0.29) is 5.56 Å². The number of rotatable bonds is 2. The molecule has 0 unspecified atom stereocenters. The number of aromatic nitrogens is 3. The molecule has 0 bridgehead atoms. The van der Waals surface area contributed by atoms with E-state index in [9.17, 15) is 4.79 Å². The summed E-state index contributed by atoms with van der Waals surface area (Å²) < 4.78 is 7.13. The number of para-hydroxylation sites is 1. The van der Waals surface area contributed by atoms with Gasteiger partial charge in [0.15, 0.2) is 0 Å². The molecule has 0 N–H and O–H groups in total. The van der Waals surface area contributed by atoms with Gasteiger partial charge in [-0.05, 0) is 24.3 Å². The summed E-state index contributed by atoms with van der Waals surface area (Å²) in [6.45, 7) is 1.96. The molecular formula is C21H15N3O2. The molecule has 26 heavy (non-hydrogen) atoms. The van der Waals surface area contributed by atoms with Crippen LogP contribution in [0, 0.1) is 11.8 Å². The summed E-state index contributed by atoms with van der Waals surface area (Å²) >= 11 is 0. The van der Waals surface area contributed by atoms with E-state index < -0.39 is 0 Å². The number of fused-ring (bicyclic) bond motifs is 1. The van der Waals surface area contributed by atoms with Gasteiger partial charge in [0, 0.05) is 24.4 Å². The number of nitrogens with zero attached hydrogens (tertiary/aromatic N) is 3. The number of aryl methyl sites for hydroxylation is 1. The molecule has 0 atom stereocenters. The molecule has 1 aromatic carbocycles. The van der Waals surface area contributed by atoms with Gasteiger partial charge in [0.1, 0.15) is 17.5 Å². The highest BCUT2D eigenvalue weighted by Gasteiger charge is 2.16. The van der Waals surface area contributed by atoms with Crippen LogP contribution in [0.15, 0.2) is 70.3 Å². The minimum atomic E-state index is -0.175. The molecule has 0 aliphatic rings. The molecule has 0 spiro atoms. The van der Waals surface area contributed by atoms with Gasteiger partial charge in [0.05, 0.1) is 11.3 Å². The summed E-state index contributed by atoms with van der Waals surface area (Å²) in [6, 6.07) is 13.1. The molecule has 0 saturated carbocycles. The predicted molar refractivity (Wildman–Crippen MR) is 99.2 cm³/mol. The van der Waals surface area contributed by atoms with Gasteiger partial charge in [-0.15, -0.1) is 0 Å². The minimum Gasteiger partial charge on any atom is -0.445 e. The summed E-state index contributed by atoms with van der Waals surface area (Å²) in [5, 5.41) is 0.396. The van der Waals surface area contributed by atoms with Crippen LogP contribution in [-0.4, -0.2) is 14.5 Å². The van der Waals surface area contributed by atoms with Gasteiger partial charge in [-0.2, -0.15) is 4.98 Å². The van der Waals surface area contributed by atoms with E-state index in [1.54, 1.807) is 17.0 Å².